The van der Waals surface area contributed by atoms with Crippen LogP contribution in [0.1, 0.15) is 34.5 Å². The lowest BCUT2D eigenvalue weighted by Crippen LogP contribution is -2.43. The van der Waals surface area contributed by atoms with Crippen LogP contribution in [-0.2, 0) is 22.6 Å². The first-order chi connectivity index (χ1) is 14.1. The molecular weight excluding hydrogens is 370 g/mol. The number of likely N-dealkylation sites (tertiary alicyclic amines) is 1. The van der Waals surface area contributed by atoms with E-state index in [1.807, 2.05) is 18.2 Å². The molecule has 4 rings (SSSR count). The van der Waals surface area contributed by atoms with E-state index in [1.54, 1.807) is 28.1 Å². The standard InChI is InChI=1S/C21H23N5O3/c27-19(13-26-11-15-3-1-2-4-18(15)21(26)29)24-17-8-10-25(12-17)20(28)6-5-16-7-9-22-14-23-16/h1-4,7,9,14,17H,5-6,8,10-13H2,(H,24,27)/t17-/m1/s1. The fourth-order valence-corrected chi connectivity index (χ4v) is 3.85. The molecule has 29 heavy (non-hydrogen) atoms. The molecule has 0 unspecified atom stereocenters. The number of hydrogen-bond acceptors (Lipinski definition) is 5. The van der Waals surface area contributed by atoms with Crippen LogP contribution in [0.3, 0.4) is 0 Å². The van der Waals surface area contributed by atoms with Crippen LogP contribution in [0.2, 0.25) is 0 Å². The summed E-state index contributed by atoms with van der Waals surface area (Å²) in [5, 5.41) is 2.96. The van der Waals surface area contributed by atoms with Gasteiger partial charge in [0.2, 0.25) is 11.8 Å². The van der Waals surface area contributed by atoms with Gasteiger partial charge in [0.25, 0.3) is 5.91 Å². The topological polar surface area (TPSA) is 95.5 Å². The van der Waals surface area contributed by atoms with Crippen molar-refractivity contribution < 1.29 is 14.4 Å². The second-order valence-electron chi connectivity index (χ2n) is 7.41. The molecule has 0 radical (unpaired) electrons. The third kappa shape index (κ3) is 4.42. The van der Waals surface area contributed by atoms with E-state index < -0.39 is 0 Å². The first kappa shape index (κ1) is 19.0. The Morgan fingerprint density at radius 2 is 2.07 bits per heavy atom. The van der Waals surface area contributed by atoms with Crippen molar-refractivity contribution in [3.05, 3.63) is 59.7 Å². The van der Waals surface area contributed by atoms with E-state index in [4.69, 9.17) is 0 Å². The quantitative estimate of drug-likeness (QED) is 0.783. The second-order valence-corrected chi connectivity index (χ2v) is 7.41. The van der Waals surface area contributed by atoms with Crippen molar-refractivity contribution in [2.24, 2.45) is 0 Å². The lowest BCUT2D eigenvalue weighted by Gasteiger charge is -2.19. The fraction of sp³-hybridized carbons (Fsp3) is 0.381. The molecule has 1 saturated heterocycles. The molecular formula is C21H23N5O3. The molecule has 2 aliphatic heterocycles. The summed E-state index contributed by atoms with van der Waals surface area (Å²) in [6.07, 6.45) is 4.83. The summed E-state index contributed by atoms with van der Waals surface area (Å²) in [6, 6.07) is 9.15. The van der Waals surface area contributed by atoms with Crippen molar-refractivity contribution in [2.75, 3.05) is 19.6 Å². The number of aryl methyl sites for hydroxylation is 1. The Hall–Kier alpha value is -3.29. The Kier molecular flexibility index (Phi) is 5.50. The third-order valence-electron chi connectivity index (χ3n) is 5.37. The molecule has 0 bridgehead atoms. The van der Waals surface area contributed by atoms with Gasteiger partial charge in [-0.15, -0.1) is 0 Å². The van der Waals surface area contributed by atoms with E-state index in [1.165, 1.54) is 6.33 Å². The second kappa shape index (κ2) is 8.38. The van der Waals surface area contributed by atoms with Crippen molar-refractivity contribution in [2.45, 2.75) is 31.8 Å². The molecule has 0 saturated carbocycles. The molecule has 8 heteroatoms. The van der Waals surface area contributed by atoms with Crippen LogP contribution in [0.25, 0.3) is 0 Å². The number of carbonyl (C=O) groups is 3. The zero-order chi connectivity index (χ0) is 20.2. The Morgan fingerprint density at radius 3 is 2.86 bits per heavy atom. The molecule has 1 fully saturated rings. The van der Waals surface area contributed by atoms with Crippen molar-refractivity contribution in [1.82, 2.24) is 25.1 Å². The minimum Gasteiger partial charge on any atom is -0.350 e. The van der Waals surface area contributed by atoms with Crippen molar-refractivity contribution >= 4 is 17.7 Å². The summed E-state index contributed by atoms with van der Waals surface area (Å²) < 4.78 is 0. The maximum atomic E-state index is 12.4. The van der Waals surface area contributed by atoms with Crippen LogP contribution >= 0.6 is 0 Å². The summed E-state index contributed by atoms with van der Waals surface area (Å²) in [5.41, 5.74) is 2.46. The SMILES string of the molecule is O=C(CN1Cc2ccccc2C1=O)N[C@@H]1CCN(C(=O)CCc2ccncn2)C1. The smallest absolute Gasteiger partial charge is 0.254 e. The van der Waals surface area contributed by atoms with Gasteiger partial charge < -0.3 is 15.1 Å². The molecule has 1 aromatic heterocycles. The first-order valence-corrected chi connectivity index (χ1v) is 9.79. The van der Waals surface area contributed by atoms with Gasteiger partial charge in [0.1, 0.15) is 12.9 Å². The number of benzene rings is 1. The molecule has 8 nitrogen and oxygen atoms in total. The largest absolute Gasteiger partial charge is 0.350 e. The van der Waals surface area contributed by atoms with E-state index in [9.17, 15) is 14.4 Å². The molecule has 1 atom stereocenters. The monoisotopic (exact) mass is 393 g/mol. The number of carbonyl (C=O) groups excluding carboxylic acids is 3. The third-order valence-corrected chi connectivity index (χ3v) is 5.37. The number of fused-ring (bicyclic) bond motifs is 1. The van der Waals surface area contributed by atoms with Gasteiger partial charge >= 0.3 is 0 Å². The lowest BCUT2D eigenvalue weighted by molar-refractivity contribution is -0.130. The molecule has 2 aromatic rings. The number of rotatable bonds is 6. The Labute approximate surface area is 168 Å². The molecule has 150 valence electrons. The van der Waals surface area contributed by atoms with Crippen LogP contribution in [0, 0.1) is 0 Å². The van der Waals surface area contributed by atoms with Gasteiger partial charge in [-0.3, -0.25) is 14.4 Å². The predicted octanol–water partition coefficient (Wildman–Crippen LogP) is 0.782. The maximum absolute atomic E-state index is 12.4. The van der Waals surface area contributed by atoms with Crippen molar-refractivity contribution in [3.8, 4) is 0 Å². The number of nitrogens with zero attached hydrogens (tertiary/aromatic N) is 4. The highest BCUT2D eigenvalue weighted by atomic mass is 16.2. The Bertz CT molecular complexity index is 918. The highest BCUT2D eigenvalue weighted by Crippen LogP contribution is 2.22. The Morgan fingerprint density at radius 1 is 1.21 bits per heavy atom. The minimum atomic E-state index is -0.188. The molecule has 0 aliphatic carbocycles. The van der Waals surface area contributed by atoms with Gasteiger partial charge in [-0.25, -0.2) is 9.97 Å². The molecule has 0 spiro atoms. The van der Waals surface area contributed by atoms with Gasteiger partial charge in [-0.2, -0.15) is 0 Å². The molecule has 1 aromatic carbocycles. The maximum Gasteiger partial charge on any atom is 0.254 e. The van der Waals surface area contributed by atoms with Gasteiger partial charge in [-0.05, 0) is 30.5 Å². The van der Waals surface area contributed by atoms with Crippen LogP contribution in [0.4, 0.5) is 0 Å². The van der Waals surface area contributed by atoms with E-state index in [-0.39, 0.29) is 30.3 Å². The summed E-state index contributed by atoms with van der Waals surface area (Å²) in [5.74, 6) is -0.235. The highest BCUT2D eigenvalue weighted by Gasteiger charge is 2.31. The summed E-state index contributed by atoms with van der Waals surface area (Å²) >= 11 is 0. The molecule has 1 N–H and O–H groups in total. The zero-order valence-corrected chi connectivity index (χ0v) is 16.1. The van der Waals surface area contributed by atoms with E-state index in [0.717, 1.165) is 17.7 Å². The van der Waals surface area contributed by atoms with E-state index in [0.29, 0.717) is 38.0 Å². The average Bonchev–Trinajstić information content (AvgIpc) is 3.32. The zero-order valence-electron chi connectivity index (χ0n) is 16.1. The number of amides is 3. The van der Waals surface area contributed by atoms with Crippen LogP contribution in [0.15, 0.2) is 42.9 Å². The van der Waals surface area contributed by atoms with Gasteiger partial charge in [-0.1, -0.05) is 18.2 Å². The predicted molar refractivity (Wildman–Crippen MR) is 105 cm³/mol. The number of aromatic nitrogens is 2. The normalized spacial score (nSPS) is 18.1. The van der Waals surface area contributed by atoms with Crippen molar-refractivity contribution in [1.29, 1.82) is 0 Å². The highest BCUT2D eigenvalue weighted by molar-refractivity contribution is 6.00. The van der Waals surface area contributed by atoms with E-state index >= 15 is 0 Å². The Balaban J connectivity index is 1.22. The van der Waals surface area contributed by atoms with Crippen LogP contribution in [-0.4, -0.2) is 63.2 Å². The molecule has 2 aliphatic rings. The van der Waals surface area contributed by atoms with Gasteiger partial charge in [0, 0.05) is 49.6 Å². The molecule has 3 heterocycles. The summed E-state index contributed by atoms with van der Waals surface area (Å²) in [7, 11) is 0. The molecule has 3 amide bonds. The van der Waals surface area contributed by atoms with Crippen LogP contribution in [0.5, 0.6) is 0 Å². The van der Waals surface area contributed by atoms with Gasteiger partial charge in [0.05, 0.1) is 0 Å². The van der Waals surface area contributed by atoms with Crippen LogP contribution < -0.4 is 5.32 Å². The number of nitrogens with one attached hydrogen (secondary N) is 1. The summed E-state index contributed by atoms with van der Waals surface area (Å²) in [4.78, 5) is 48.6. The first-order valence-electron chi connectivity index (χ1n) is 9.79. The van der Waals surface area contributed by atoms with Crippen molar-refractivity contribution in [3.63, 3.8) is 0 Å². The minimum absolute atomic E-state index is 0.0334. The average molecular weight is 393 g/mol. The summed E-state index contributed by atoms with van der Waals surface area (Å²) in [6.45, 7) is 1.62. The number of hydrogen-bond donors (Lipinski definition) is 1. The lowest BCUT2D eigenvalue weighted by atomic mass is 10.1. The fourth-order valence-electron chi connectivity index (χ4n) is 3.85. The van der Waals surface area contributed by atoms with E-state index in [2.05, 4.69) is 15.3 Å². The van der Waals surface area contributed by atoms with Gasteiger partial charge in [0.15, 0.2) is 0 Å².